The third-order valence-corrected chi connectivity index (χ3v) is 3.75. The molecule has 2 aromatic rings. The summed E-state index contributed by atoms with van der Waals surface area (Å²) in [5, 5.41) is 0. The van der Waals surface area contributed by atoms with Crippen LogP contribution in [0.2, 0.25) is 0 Å². The van der Waals surface area contributed by atoms with Gasteiger partial charge < -0.3 is 18.6 Å². The van der Waals surface area contributed by atoms with Gasteiger partial charge in [-0.05, 0) is 24.3 Å². The molecule has 0 radical (unpaired) electrons. The molecular weight excluding hydrogens is 312 g/mol. The van der Waals surface area contributed by atoms with Crippen molar-refractivity contribution in [3.8, 4) is 17.2 Å². The second-order valence-corrected chi connectivity index (χ2v) is 4.72. The van der Waals surface area contributed by atoms with E-state index in [-0.39, 0.29) is 4.83 Å². The van der Waals surface area contributed by atoms with Gasteiger partial charge in [0.25, 0.3) is 0 Å². The summed E-state index contributed by atoms with van der Waals surface area (Å²) in [6, 6.07) is 7.50. The Bertz CT molecular complexity index is 537. The highest BCUT2D eigenvalue weighted by Gasteiger charge is 2.23. The smallest absolute Gasteiger partial charge is 0.203 e. The molecule has 0 amide bonds. The van der Waals surface area contributed by atoms with Gasteiger partial charge in [-0.15, -0.1) is 0 Å². The fourth-order valence-corrected chi connectivity index (χ4v) is 2.53. The van der Waals surface area contributed by atoms with E-state index in [1.165, 1.54) is 0 Å². The van der Waals surface area contributed by atoms with Crippen LogP contribution in [0.5, 0.6) is 17.2 Å². The van der Waals surface area contributed by atoms with Crippen LogP contribution < -0.4 is 14.2 Å². The number of rotatable bonds is 5. The summed E-state index contributed by atoms with van der Waals surface area (Å²) >= 11 is 3.60. The molecule has 5 heteroatoms. The van der Waals surface area contributed by atoms with E-state index in [0.29, 0.717) is 17.2 Å². The van der Waals surface area contributed by atoms with Gasteiger partial charge in [-0.3, -0.25) is 0 Å². The Balaban J connectivity index is 2.51. The second-order valence-electron chi connectivity index (χ2n) is 3.80. The van der Waals surface area contributed by atoms with Gasteiger partial charge in [-0.1, -0.05) is 15.9 Å². The zero-order chi connectivity index (χ0) is 13.8. The van der Waals surface area contributed by atoms with Crippen molar-refractivity contribution in [2.45, 2.75) is 4.83 Å². The first-order chi connectivity index (χ1) is 9.22. The Labute approximate surface area is 120 Å². The van der Waals surface area contributed by atoms with E-state index < -0.39 is 0 Å². The fourth-order valence-electron chi connectivity index (χ4n) is 1.91. The lowest BCUT2D eigenvalue weighted by Gasteiger charge is -2.17. The number of alkyl halides is 1. The van der Waals surface area contributed by atoms with Gasteiger partial charge in [-0.2, -0.15) is 0 Å². The van der Waals surface area contributed by atoms with Crippen molar-refractivity contribution >= 4 is 15.9 Å². The summed E-state index contributed by atoms with van der Waals surface area (Å²) in [6.45, 7) is 0. The maximum Gasteiger partial charge on any atom is 0.203 e. The van der Waals surface area contributed by atoms with Crippen LogP contribution in [0, 0.1) is 0 Å². The van der Waals surface area contributed by atoms with Crippen molar-refractivity contribution in [3.63, 3.8) is 0 Å². The van der Waals surface area contributed by atoms with E-state index in [2.05, 4.69) is 15.9 Å². The van der Waals surface area contributed by atoms with Crippen LogP contribution in [-0.4, -0.2) is 21.3 Å². The highest BCUT2D eigenvalue weighted by Crippen LogP contribution is 2.45. The van der Waals surface area contributed by atoms with E-state index in [1.807, 2.05) is 24.3 Å². The number of benzene rings is 1. The van der Waals surface area contributed by atoms with Gasteiger partial charge in [0.2, 0.25) is 5.75 Å². The molecule has 4 nitrogen and oxygen atoms in total. The van der Waals surface area contributed by atoms with Crippen LogP contribution in [0.4, 0.5) is 0 Å². The molecule has 0 fully saturated rings. The highest BCUT2D eigenvalue weighted by atomic mass is 79.9. The number of methoxy groups -OCH3 is 3. The molecule has 19 heavy (non-hydrogen) atoms. The highest BCUT2D eigenvalue weighted by molar-refractivity contribution is 9.09. The standard InChI is InChI=1S/C14H15BrO4/c1-16-11-7-6-9(13(17-2)14(11)18-3)12(15)10-5-4-8-19-10/h4-8,12H,1-3H3. The molecule has 0 aliphatic carbocycles. The number of halogens is 1. The lowest BCUT2D eigenvalue weighted by molar-refractivity contribution is 0.322. The molecule has 1 aromatic heterocycles. The molecule has 0 aliphatic heterocycles. The van der Waals surface area contributed by atoms with Gasteiger partial charge in [0, 0.05) is 5.56 Å². The van der Waals surface area contributed by atoms with E-state index in [4.69, 9.17) is 18.6 Å². The molecule has 0 N–H and O–H groups in total. The summed E-state index contributed by atoms with van der Waals surface area (Å²) in [5.41, 5.74) is 0.912. The van der Waals surface area contributed by atoms with Gasteiger partial charge in [-0.25, -0.2) is 0 Å². The molecule has 0 aliphatic rings. The Kier molecular flexibility index (Phi) is 4.37. The molecule has 1 atom stereocenters. The third-order valence-electron chi connectivity index (χ3n) is 2.80. The van der Waals surface area contributed by atoms with Gasteiger partial charge in [0.1, 0.15) is 10.6 Å². The molecule has 102 valence electrons. The normalized spacial score (nSPS) is 12.0. The number of hydrogen-bond acceptors (Lipinski definition) is 4. The Morgan fingerprint density at radius 1 is 1.00 bits per heavy atom. The monoisotopic (exact) mass is 326 g/mol. The molecule has 0 spiro atoms. The molecule has 1 aromatic carbocycles. The number of furan rings is 1. The third kappa shape index (κ3) is 2.56. The van der Waals surface area contributed by atoms with Crippen LogP contribution in [0.15, 0.2) is 34.9 Å². The van der Waals surface area contributed by atoms with Crippen molar-refractivity contribution in [2.75, 3.05) is 21.3 Å². The van der Waals surface area contributed by atoms with Crippen molar-refractivity contribution in [3.05, 3.63) is 41.9 Å². The van der Waals surface area contributed by atoms with Gasteiger partial charge >= 0.3 is 0 Å². The van der Waals surface area contributed by atoms with Crippen LogP contribution in [0.25, 0.3) is 0 Å². The van der Waals surface area contributed by atoms with Crippen molar-refractivity contribution < 1.29 is 18.6 Å². The summed E-state index contributed by atoms with van der Waals surface area (Å²) < 4.78 is 21.5. The van der Waals surface area contributed by atoms with Crippen molar-refractivity contribution in [2.24, 2.45) is 0 Å². The molecule has 2 rings (SSSR count). The van der Waals surface area contributed by atoms with Crippen molar-refractivity contribution in [1.82, 2.24) is 0 Å². The zero-order valence-corrected chi connectivity index (χ0v) is 12.6. The van der Waals surface area contributed by atoms with Gasteiger partial charge in [0.05, 0.1) is 27.6 Å². The quantitative estimate of drug-likeness (QED) is 0.784. The summed E-state index contributed by atoms with van der Waals surface area (Å²) in [7, 11) is 4.78. The molecule has 0 saturated heterocycles. The summed E-state index contributed by atoms with van der Waals surface area (Å²) in [4.78, 5) is -0.114. The minimum Gasteiger partial charge on any atom is -0.493 e. The Morgan fingerprint density at radius 3 is 2.26 bits per heavy atom. The van der Waals surface area contributed by atoms with E-state index in [0.717, 1.165) is 11.3 Å². The first kappa shape index (κ1) is 13.8. The minimum absolute atomic E-state index is 0.114. The lowest BCUT2D eigenvalue weighted by atomic mass is 10.1. The molecule has 1 heterocycles. The first-order valence-electron chi connectivity index (χ1n) is 5.69. The van der Waals surface area contributed by atoms with Crippen LogP contribution in [-0.2, 0) is 0 Å². The van der Waals surface area contributed by atoms with E-state index >= 15 is 0 Å². The largest absolute Gasteiger partial charge is 0.493 e. The van der Waals surface area contributed by atoms with Crippen LogP contribution in [0.1, 0.15) is 16.2 Å². The SMILES string of the molecule is COc1ccc(C(Br)c2ccco2)c(OC)c1OC. The van der Waals surface area contributed by atoms with E-state index in [9.17, 15) is 0 Å². The number of hydrogen-bond donors (Lipinski definition) is 0. The Morgan fingerprint density at radius 2 is 1.74 bits per heavy atom. The average molecular weight is 327 g/mol. The molecular formula is C14H15BrO4. The minimum atomic E-state index is -0.114. The lowest BCUT2D eigenvalue weighted by Crippen LogP contribution is -2.01. The molecule has 1 unspecified atom stereocenters. The average Bonchev–Trinajstić information content (AvgIpc) is 2.98. The fraction of sp³-hybridized carbons (Fsp3) is 0.286. The maximum atomic E-state index is 5.45. The topological polar surface area (TPSA) is 40.8 Å². The summed E-state index contributed by atoms with van der Waals surface area (Å²) in [5.74, 6) is 2.62. The zero-order valence-electron chi connectivity index (χ0n) is 11.0. The van der Waals surface area contributed by atoms with Gasteiger partial charge in [0.15, 0.2) is 11.5 Å². The predicted molar refractivity (Wildman–Crippen MR) is 75.6 cm³/mol. The van der Waals surface area contributed by atoms with Crippen molar-refractivity contribution in [1.29, 1.82) is 0 Å². The first-order valence-corrected chi connectivity index (χ1v) is 6.60. The molecule has 0 saturated carbocycles. The summed E-state index contributed by atoms with van der Waals surface area (Å²) in [6.07, 6.45) is 1.64. The van der Waals surface area contributed by atoms with E-state index in [1.54, 1.807) is 27.6 Å². The van der Waals surface area contributed by atoms with Crippen LogP contribution in [0.3, 0.4) is 0 Å². The predicted octanol–water partition coefficient (Wildman–Crippen LogP) is 3.79. The molecule has 0 bridgehead atoms. The second kappa shape index (κ2) is 6.02. The number of ether oxygens (including phenoxy) is 3. The maximum absolute atomic E-state index is 5.45. The van der Waals surface area contributed by atoms with Crippen LogP contribution >= 0.6 is 15.9 Å². The Hall–Kier alpha value is -1.62.